The van der Waals surface area contributed by atoms with Crippen LogP contribution in [-0.4, -0.2) is 36.4 Å². The van der Waals surface area contributed by atoms with Crippen molar-refractivity contribution in [2.24, 2.45) is 0 Å². The molecular weight excluding hydrogens is 231 g/mol. The van der Waals surface area contributed by atoms with E-state index in [-0.39, 0.29) is 24.0 Å². The number of hydrogen-bond acceptors (Lipinski definition) is 3. The van der Waals surface area contributed by atoms with Crippen molar-refractivity contribution in [2.45, 2.75) is 31.8 Å². The summed E-state index contributed by atoms with van der Waals surface area (Å²) in [5.41, 5.74) is 0.393. The van der Waals surface area contributed by atoms with Crippen molar-refractivity contribution in [3.8, 4) is 0 Å². The van der Waals surface area contributed by atoms with E-state index in [0.717, 1.165) is 13.0 Å². The van der Waals surface area contributed by atoms with Gasteiger partial charge in [0.2, 0.25) is 0 Å². The molecule has 0 aromatic heterocycles. The maximum Gasteiger partial charge on any atom is 0.146 e. The Morgan fingerprint density at radius 1 is 1.44 bits per heavy atom. The van der Waals surface area contributed by atoms with Crippen LogP contribution in [0.1, 0.15) is 20.3 Å². The van der Waals surface area contributed by atoms with Crippen molar-refractivity contribution in [3.05, 3.63) is 30.1 Å². The Labute approximate surface area is 108 Å². The first-order valence-electron chi connectivity index (χ1n) is 6.42. The van der Waals surface area contributed by atoms with Crippen molar-refractivity contribution in [3.63, 3.8) is 0 Å². The first kappa shape index (κ1) is 13.3. The second kappa shape index (κ2) is 5.24. The molecule has 0 spiro atoms. The lowest BCUT2D eigenvalue weighted by atomic mass is 9.96. The monoisotopic (exact) mass is 252 g/mol. The minimum Gasteiger partial charge on any atom is -0.394 e. The van der Waals surface area contributed by atoms with Crippen LogP contribution < -0.4 is 10.2 Å². The fraction of sp³-hybridized carbons (Fsp3) is 0.571. The number of aliphatic hydroxyl groups excluding tert-OH is 1. The van der Waals surface area contributed by atoms with Gasteiger partial charge < -0.3 is 15.3 Å². The Hall–Kier alpha value is -1.13. The van der Waals surface area contributed by atoms with Gasteiger partial charge in [0.05, 0.1) is 18.3 Å². The molecule has 0 amide bonds. The maximum atomic E-state index is 14.0. The quantitative estimate of drug-likeness (QED) is 0.842. The molecule has 1 atom stereocenters. The molecule has 0 bridgehead atoms. The lowest BCUT2D eigenvalue weighted by Gasteiger charge is -2.43. The average molecular weight is 252 g/mol. The van der Waals surface area contributed by atoms with Crippen molar-refractivity contribution in [1.82, 2.24) is 5.32 Å². The molecule has 1 heterocycles. The summed E-state index contributed by atoms with van der Waals surface area (Å²) >= 11 is 0. The van der Waals surface area contributed by atoms with E-state index < -0.39 is 0 Å². The Morgan fingerprint density at radius 3 is 2.83 bits per heavy atom. The van der Waals surface area contributed by atoms with Gasteiger partial charge in [-0.3, -0.25) is 0 Å². The molecule has 2 N–H and O–H groups in total. The summed E-state index contributed by atoms with van der Waals surface area (Å²) in [6, 6.07) is 6.68. The highest BCUT2D eigenvalue weighted by Crippen LogP contribution is 2.32. The highest BCUT2D eigenvalue weighted by atomic mass is 19.1. The summed E-state index contributed by atoms with van der Waals surface area (Å²) < 4.78 is 14.0. The molecule has 100 valence electrons. The molecule has 1 unspecified atom stereocenters. The van der Waals surface area contributed by atoms with Gasteiger partial charge in [0.15, 0.2) is 0 Å². The van der Waals surface area contributed by atoms with E-state index >= 15 is 0 Å². The van der Waals surface area contributed by atoms with Crippen LogP contribution in [0, 0.1) is 5.82 Å². The van der Waals surface area contributed by atoms with Crippen LogP contribution in [0.3, 0.4) is 0 Å². The summed E-state index contributed by atoms with van der Waals surface area (Å²) in [6.45, 7) is 5.76. The third kappa shape index (κ3) is 2.49. The Balaban J connectivity index is 2.43. The Kier molecular flexibility index (Phi) is 3.88. The van der Waals surface area contributed by atoms with Gasteiger partial charge in [-0.15, -0.1) is 0 Å². The van der Waals surface area contributed by atoms with E-state index in [2.05, 4.69) is 19.2 Å². The van der Waals surface area contributed by atoms with Crippen LogP contribution in [0.2, 0.25) is 0 Å². The first-order chi connectivity index (χ1) is 8.56. The second-order valence-electron chi connectivity index (χ2n) is 5.42. The predicted octanol–water partition coefficient (Wildman–Crippen LogP) is 1.76. The third-order valence-corrected chi connectivity index (χ3v) is 3.63. The molecule has 0 saturated carbocycles. The molecule has 0 aliphatic carbocycles. The summed E-state index contributed by atoms with van der Waals surface area (Å²) in [5.74, 6) is -0.231. The van der Waals surface area contributed by atoms with Crippen LogP contribution in [0.15, 0.2) is 24.3 Å². The molecule has 1 aromatic rings. The zero-order valence-corrected chi connectivity index (χ0v) is 11.0. The maximum absolute atomic E-state index is 14.0. The predicted molar refractivity (Wildman–Crippen MR) is 71.3 cm³/mol. The lowest BCUT2D eigenvalue weighted by molar-refractivity contribution is 0.244. The number of anilines is 1. The number of halogens is 1. The number of rotatable bonds is 2. The normalized spacial score (nSPS) is 23.8. The number of nitrogens with one attached hydrogen (secondary N) is 1. The highest BCUT2D eigenvalue weighted by molar-refractivity contribution is 5.51. The minimum atomic E-state index is -0.231. The zero-order valence-electron chi connectivity index (χ0n) is 11.0. The van der Waals surface area contributed by atoms with Crippen LogP contribution in [0.5, 0.6) is 0 Å². The fourth-order valence-corrected chi connectivity index (χ4v) is 2.69. The molecule has 3 nitrogen and oxygen atoms in total. The van der Waals surface area contributed by atoms with E-state index in [1.165, 1.54) is 6.07 Å². The van der Waals surface area contributed by atoms with Crippen LogP contribution in [-0.2, 0) is 0 Å². The molecule has 4 heteroatoms. The van der Waals surface area contributed by atoms with E-state index in [4.69, 9.17) is 0 Å². The molecule has 1 aliphatic heterocycles. The SMILES string of the molecule is CC1(C)CCNCC(CO)N1c1ccccc1F. The fourth-order valence-electron chi connectivity index (χ4n) is 2.69. The van der Waals surface area contributed by atoms with Gasteiger partial charge in [0.25, 0.3) is 0 Å². The minimum absolute atomic E-state index is 0.0186. The largest absolute Gasteiger partial charge is 0.394 e. The van der Waals surface area contributed by atoms with Crippen molar-refractivity contribution >= 4 is 5.69 Å². The van der Waals surface area contributed by atoms with Crippen molar-refractivity contribution in [1.29, 1.82) is 0 Å². The lowest BCUT2D eigenvalue weighted by Crippen LogP contribution is -2.52. The van der Waals surface area contributed by atoms with Gasteiger partial charge in [-0.25, -0.2) is 4.39 Å². The highest BCUT2D eigenvalue weighted by Gasteiger charge is 2.35. The molecule has 2 rings (SSSR count). The third-order valence-electron chi connectivity index (χ3n) is 3.63. The smallest absolute Gasteiger partial charge is 0.146 e. The number of para-hydroxylation sites is 1. The summed E-state index contributed by atoms with van der Waals surface area (Å²) in [4.78, 5) is 2.02. The van der Waals surface area contributed by atoms with Gasteiger partial charge >= 0.3 is 0 Å². The van der Waals surface area contributed by atoms with Crippen LogP contribution in [0.25, 0.3) is 0 Å². The second-order valence-corrected chi connectivity index (χ2v) is 5.42. The number of benzene rings is 1. The summed E-state index contributed by atoms with van der Waals surface area (Å²) in [6.07, 6.45) is 0.915. The molecule has 1 aromatic carbocycles. The Morgan fingerprint density at radius 2 is 2.17 bits per heavy atom. The van der Waals surface area contributed by atoms with E-state index in [1.54, 1.807) is 12.1 Å². The zero-order chi connectivity index (χ0) is 13.2. The number of aliphatic hydroxyl groups is 1. The molecular formula is C14H21FN2O. The molecule has 18 heavy (non-hydrogen) atoms. The standard InChI is InChI=1S/C14H21FN2O/c1-14(2)7-8-16-9-11(10-18)17(14)13-6-4-3-5-12(13)15/h3-6,11,16,18H,7-10H2,1-2H3. The van der Waals surface area contributed by atoms with E-state index in [1.807, 2.05) is 11.0 Å². The van der Waals surface area contributed by atoms with Crippen LogP contribution in [0.4, 0.5) is 10.1 Å². The van der Waals surface area contributed by atoms with Gasteiger partial charge in [-0.1, -0.05) is 12.1 Å². The average Bonchev–Trinajstić information content (AvgIpc) is 2.48. The van der Waals surface area contributed by atoms with Gasteiger partial charge in [0.1, 0.15) is 5.82 Å². The van der Waals surface area contributed by atoms with Gasteiger partial charge in [0, 0.05) is 12.1 Å². The number of hydrogen-bond donors (Lipinski definition) is 2. The van der Waals surface area contributed by atoms with Gasteiger partial charge in [-0.05, 0) is 38.9 Å². The topological polar surface area (TPSA) is 35.5 Å². The summed E-state index contributed by atoms with van der Waals surface area (Å²) in [5, 5.41) is 12.9. The van der Waals surface area contributed by atoms with Crippen LogP contribution >= 0.6 is 0 Å². The molecule has 1 saturated heterocycles. The molecule has 1 aliphatic rings. The molecule has 0 radical (unpaired) electrons. The Bertz CT molecular complexity index is 409. The van der Waals surface area contributed by atoms with Gasteiger partial charge in [-0.2, -0.15) is 0 Å². The van der Waals surface area contributed by atoms with Crippen molar-refractivity contribution in [2.75, 3.05) is 24.6 Å². The van der Waals surface area contributed by atoms with Crippen molar-refractivity contribution < 1.29 is 9.50 Å². The molecule has 1 fully saturated rings. The van der Waals surface area contributed by atoms with E-state index in [0.29, 0.717) is 12.2 Å². The number of nitrogens with zero attached hydrogens (tertiary/aromatic N) is 1. The first-order valence-corrected chi connectivity index (χ1v) is 6.42. The summed E-state index contributed by atoms with van der Waals surface area (Å²) in [7, 11) is 0. The van der Waals surface area contributed by atoms with E-state index in [9.17, 15) is 9.50 Å².